The Bertz CT molecular complexity index is 441. The van der Waals surface area contributed by atoms with Crippen LogP contribution in [0.1, 0.15) is 51.5 Å². The summed E-state index contributed by atoms with van der Waals surface area (Å²) in [7, 11) is 0. The van der Waals surface area contributed by atoms with Crippen molar-refractivity contribution < 1.29 is 4.79 Å². The molecule has 1 aliphatic rings. The highest BCUT2D eigenvalue weighted by Gasteiger charge is 2.20. The van der Waals surface area contributed by atoms with Crippen LogP contribution in [-0.4, -0.2) is 24.0 Å². The van der Waals surface area contributed by atoms with Gasteiger partial charge in [0.1, 0.15) is 0 Å². The molecule has 2 atom stereocenters. The minimum atomic E-state index is 0.0350. The average molecular weight is 274 g/mol. The van der Waals surface area contributed by atoms with Gasteiger partial charge in [-0.2, -0.15) is 0 Å². The molecule has 0 aliphatic carbocycles. The standard InChI is InChI=1S/C17H26N2O/c1-4-14(3)15-7-9-16(10-8-15)18-17(20)19-11-5-6-13(2)12-19/h7-10,13-14H,4-6,11-12H2,1-3H3,(H,18,20). The number of urea groups is 1. The molecule has 2 amide bonds. The van der Waals surface area contributed by atoms with Gasteiger partial charge in [-0.05, 0) is 48.8 Å². The number of hydrogen-bond donors (Lipinski definition) is 1. The van der Waals surface area contributed by atoms with Gasteiger partial charge in [0.15, 0.2) is 0 Å². The Labute approximate surface area is 122 Å². The normalized spacial score (nSPS) is 20.6. The Morgan fingerprint density at radius 2 is 2.10 bits per heavy atom. The molecule has 3 heteroatoms. The van der Waals surface area contributed by atoms with Crippen molar-refractivity contribution in [2.24, 2.45) is 5.92 Å². The maximum absolute atomic E-state index is 12.2. The maximum atomic E-state index is 12.2. The predicted molar refractivity (Wildman–Crippen MR) is 84.1 cm³/mol. The molecular weight excluding hydrogens is 248 g/mol. The Morgan fingerprint density at radius 1 is 1.40 bits per heavy atom. The van der Waals surface area contributed by atoms with Crippen LogP contribution in [0.2, 0.25) is 0 Å². The van der Waals surface area contributed by atoms with Crippen LogP contribution in [-0.2, 0) is 0 Å². The Kier molecular flexibility index (Phi) is 5.05. The first-order valence-corrected chi connectivity index (χ1v) is 7.76. The van der Waals surface area contributed by atoms with E-state index in [9.17, 15) is 4.79 Å². The summed E-state index contributed by atoms with van der Waals surface area (Å²) in [5.41, 5.74) is 2.22. The molecule has 0 saturated carbocycles. The number of piperidine rings is 1. The smallest absolute Gasteiger partial charge is 0.321 e. The first-order valence-electron chi connectivity index (χ1n) is 7.76. The van der Waals surface area contributed by atoms with Gasteiger partial charge in [-0.15, -0.1) is 0 Å². The minimum absolute atomic E-state index is 0.0350. The van der Waals surface area contributed by atoms with Crippen LogP contribution in [0.4, 0.5) is 10.5 Å². The van der Waals surface area contributed by atoms with E-state index in [4.69, 9.17) is 0 Å². The van der Waals surface area contributed by atoms with Crippen LogP contribution in [0.15, 0.2) is 24.3 Å². The number of anilines is 1. The molecule has 1 N–H and O–H groups in total. The number of nitrogens with one attached hydrogen (secondary N) is 1. The second-order valence-electron chi connectivity index (χ2n) is 6.05. The number of carbonyl (C=O) groups is 1. The molecule has 1 aromatic carbocycles. The van der Waals surface area contributed by atoms with E-state index in [0.29, 0.717) is 11.8 Å². The Morgan fingerprint density at radius 3 is 2.70 bits per heavy atom. The largest absolute Gasteiger partial charge is 0.324 e. The number of likely N-dealkylation sites (tertiary alicyclic amines) is 1. The van der Waals surface area contributed by atoms with E-state index in [1.54, 1.807) is 0 Å². The number of amides is 2. The Hall–Kier alpha value is -1.51. The molecule has 1 heterocycles. The molecule has 1 aliphatic heterocycles. The van der Waals surface area contributed by atoms with Crippen molar-refractivity contribution in [3.05, 3.63) is 29.8 Å². The fraction of sp³-hybridized carbons (Fsp3) is 0.588. The second kappa shape index (κ2) is 6.78. The number of benzene rings is 1. The van der Waals surface area contributed by atoms with E-state index in [1.165, 1.54) is 12.0 Å². The first-order chi connectivity index (χ1) is 9.60. The average Bonchev–Trinajstić information content (AvgIpc) is 2.47. The lowest BCUT2D eigenvalue weighted by atomic mass is 9.98. The van der Waals surface area contributed by atoms with Crippen LogP contribution in [0.25, 0.3) is 0 Å². The summed E-state index contributed by atoms with van der Waals surface area (Å²) in [5, 5.41) is 3.00. The number of carbonyl (C=O) groups excluding carboxylic acids is 1. The van der Waals surface area contributed by atoms with E-state index in [0.717, 1.165) is 31.6 Å². The SMILES string of the molecule is CCC(C)c1ccc(NC(=O)N2CCCC(C)C2)cc1. The molecule has 20 heavy (non-hydrogen) atoms. The summed E-state index contributed by atoms with van der Waals surface area (Å²) in [6.45, 7) is 8.37. The lowest BCUT2D eigenvalue weighted by molar-refractivity contribution is 0.182. The molecule has 3 nitrogen and oxygen atoms in total. The molecule has 0 aromatic heterocycles. The van der Waals surface area contributed by atoms with Crippen molar-refractivity contribution in [2.45, 2.75) is 46.0 Å². The number of nitrogens with zero attached hydrogens (tertiary/aromatic N) is 1. The second-order valence-corrected chi connectivity index (χ2v) is 6.05. The topological polar surface area (TPSA) is 32.3 Å². The van der Waals surface area contributed by atoms with Gasteiger partial charge in [0.25, 0.3) is 0 Å². The summed E-state index contributed by atoms with van der Waals surface area (Å²) < 4.78 is 0. The van der Waals surface area contributed by atoms with Gasteiger partial charge in [0.2, 0.25) is 0 Å². The molecular formula is C17H26N2O. The van der Waals surface area contributed by atoms with Gasteiger partial charge in [0, 0.05) is 18.8 Å². The van der Waals surface area contributed by atoms with Gasteiger partial charge < -0.3 is 10.2 Å². The third-order valence-corrected chi connectivity index (χ3v) is 4.29. The summed E-state index contributed by atoms with van der Waals surface area (Å²) in [6, 6.07) is 8.28. The monoisotopic (exact) mass is 274 g/mol. The summed E-state index contributed by atoms with van der Waals surface area (Å²) in [4.78, 5) is 14.1. The van der Waals surface area contributed by atoms with Crippen LogP contribution >= 0.6 is 0 Å². The molecule has 1 saturated heterocycles. The van der Waals surface area contributed by atoms with E-state index in [2.05, 4.69) is 38.2 Å². The highest BCUT2D eigenvalue weighted by molar-refractivity contribution is 5.89. The zero-order valence-electron chi connectivity index (χ0n) is 12.9. The summed E-state index contributed by atoms with van der Waals surface area (Å²) in [5.74, 6) is 1.19. The summed E-state index contributed by atoms with van der Waals surface area (Å²) >= 11 is 0. The zero-order valence-corrected chi connectivity index (χ0v) is 12.9. The maximum Gasteiger partial charge on any atom is 0.321 e. The third kappa shape index (κ3) is 3.75. The highest BCUT2D eigenvalue weighted by atomic mass is 16.2. The van der Waals surface area contributed by atoms with Crippen molar-refractivity contribution in [2.75, 3.05) is 18.4 Å². The van der Waals surface area contributed by atoms with Crippen LogP contribution in [0.3, 0.4) is 0 Å². The van der Waals surface area contributed by atoms with Crippen LogP contribution in [0, 0.1) is 5.92 Å². The fourth-order valence-corrected chi connectivity index (χ4v) is 2.71. The van der Waals surface area contributed by atoms with Gasteiger partial charge in [-0.1, -0.05) is 32.9 Å². The lowest BCUT2D eigenvalue weighted by Gasteiger charge is -2.30. The quantitative estimate of drug-likeness (QED) is 0.867. The van der Waals surface area contributed by atoms with Crippen molar-refractivity contribution >= 4 is 11.7 Å². The van der Waals surface area contributed by atoms with Crippen molar-refractivity contribution in [1.29, 1.82) is 0 Å². The highest BCUT2D eigenvalue weighted by Crippen LogP contribution is 2.21. The van der Waals surface area contributed by atoms with E-state index in [1.807, 2.05) is 17.0 Å². The van der Waals surface area contributed by atoms with Gasteiger partial charge >= 0.3 is 6.03 Å². The number of rotatable bonds is 3. The third-order valence-electron chi connectivity index (χ3n) is 4.29. The van der Waals surface area contributed by atoms with E-state index < -0.39 is 0 Å². The molecule has 1 fully saturated rings. The molecule has 2 rings (SSSR count). The molecule has 0 bridgehead atoms. The molecule has 0 spiro atoms. The minimum Gasteiger partial charge on any atom is -0.324 e. The van der Waals surface area contributed by atoms with Crippen molar-refractivity contribution in [3.63, 3.8) is 0 Å². The molecule has 2 unspecified atom stereocenters. The van der Waals surface area contributed by atoms with E-state index in [-0.39, 0.29) is 6.03 Å². The van der Waals surface area contributed by atoms with E-state index >= 15 is 0 Å². The Balaban J connectivity index is 1.94. The van der Waals surface area contributed by atoms with Crippen LogP contribution < -0.4 is 5.32 Å². The van der Waals surface area contributed by atoms with Gasteiger partial charge in [0.05, 0.1) is 0 Å². The first kappa shape index (κ1) is 14.9. The fourth-order valence-electron chi connectivity index (χ4n) is 2.71. The molecule has 110 valence electrons. The predicted octanol–water partition coefficient (Wildman–Crippen LogP) is 4.46. The summed E-state index contributed by atoms with van der Waals surface area (Å²) in [6.07, 6.45) is 3.48. The van der Waals surface area contributed by atoms with Crippen LogP contribution in [0.5, 0.6) is 0 Å². The van der Waals surface area contributed by atoms with Gasteiger partial charge in [-0.3, -0.25) is 0 Å². The molecule has 1 aromatic rings. The number of hydrogen-bond acceptors (Lipinski definition) is 1. The lowest BCUT2D eigenvalue weighted by Crippen LogP contribution is -2.41. The van der Waals surface area contributed by atoms with Crippen molar-refractivity contribution in [1.82, 2.24) is 4.90 Å². The van der Waals surface area contributed by atoms with Crippen molar-refractivity contribution in [3.8, 4) is 0 Å². The molecule has 0 radical (unpaired) electrons. The van der Waals surface area contributed by atoms with Gasteiger partial charge in [-0.25, -0.2) is 4.79 Å². The zero-order chi connectivity index (χ0) is 14.5.